The molecule has 1 aromatic heterocycles. The van der Waals surface area contributed by atoms with Gasteiger partial charge >= 0.3 is 11.8 Å². The molecular weight excluding hydrogens is 337 g/mol. The van der Waals surface area contributed by atoms with E-state index in [1.165, 1.54) is 25.1 Å². The van der Waals surface area contributed by atoms with Gasteiger partial charge in [0.25, 0.3) is 0 Å². The molecule has 1 atom stereocenters. The van der Waals surface area contributed by atoms with Gasteiger partial charge in [0.15, 0.2) is 0 Å². The molecule has 2 N–H and O–H groups in total. The van der Waals surface area contributed by atoms with Gasteiger partial charge in [0.1, 0.15) is 23.2 Å². The van der Waals surface area contributed by atoms with E-state index in [9.17, 15) is 23.2 Å². The summed E-state index contributed by atoms with van der Waals surface area (Å²) in [5, 5.41) is 9.37. The van der Waals surface area contributed by atoms with Gasteiger partial charge < -0.3 is 14.9 Å². The number of aryl methyl sites for hydroxylation is 1. The van der Waals surface area contributed by atoms with E-state index in [-0.39, 0.29) is 28.5 Å². The number of hydrogen-bond acceptors (Lipinski definition) is 5. The third-order valence-electron chi connectivity index (χ3n) is 3.83. The Labute approximate surface area is 139 Å². The van der Waals surface area contributed by atoms with Crippen molar-refractivity contribution >= 4 is 0 Å². The van der Waals surface area contributed by atoms with Crippen LogP contribution >= 0.6 is 0 Å². The van der Waals surface area contributed by atoms with Crippen LogP contribution in [0.4, 0.5) is 13.2 Å². The average Bonchev–Trinajstić information content (AvgIpc) is 2.52. The normalized spacial score (nSPS) is 16.8. The Bertz CT molecular complexity index is 967. The van der Waals surface area contributed by atoms with E-state index in [1.807, 2.05) is 6.07 Å². The minimum absolute atomic E-state index is 0.0242. The number of hydrogen-bond donors (Lipinski definition) is 1. The molecule has 0 radical (unpaired) electrons. The lowest BCUT2D eigenvalue weighted by Gasteiger charge is -2.25. The predicted molar refractivity (Wildman–Crippen MR) is 80.5 cm³/mol. The average molecular weight is 348 g/mol. The smallest absolute Gasteiger partial charge is 0.416 e. The molecule has 0 amide bonds. The third-order valence-corrected chi connectivity index (χ3v) is 3.83. The summed E-state index contributed by atoms with van der Waals surface area (Å²) in [5.74, 6) is -0.768. The summed E-state index contributed by atoms with van der Waals surface area (Å²) in [6.07, 6.45) is -4.49. The van der Waals surface area contributed by atoms with E-state index in [4.69, 9.17) is 14.9 Å². The third kappa shape index (κ3) is 2.85. The van der Waals surface area contributed by atoms with Crippen molar-refractivity contribution in [2.45, 2.75) is 19.0 Å². The molecule has 3 rings (SSSR count). The van der Waals surface area contributed by atoms with Crippen molar-refractivity contribution < 1.29 is 22.3 Å². The first-order valence-corrected chi connectivity index (χ1v) is 7.11. The van der Waals surface area contributed by atoms with Crippen LogP contribution in [-0.2, 0) is 6.18 Å². The first-order chi connectivity index (χ1) is 11.7. The summed E-state index contributed by atoms with van der Waals surface area (Å²) in [6, 6.07) is 7.46. The maximum atomic E-state index is 12.7. The maximum Gasteiger partial charge on any atom is 0.416 e. The molecular formula is C17H11F3N2O3. The minimum atomic E-state index is -4.49. The van der Waals surface area contributed by atoms with Gasteiger partial charge in [-0.15, -0.1) is 0 Å². The molecule has 8 heteroatoms. The van der Waals surface area contributed by atoms with Crippen LogP contribution < -0.4 is 16.1 Å². The number of ether oxygens (including phenoxy) is 1. The number of alkyl halides is 3. The van der Waals surface area contributed by atoms with Crippen LogP contribution in [0.2, 0.25) is 0 Å². The quantitative estimate of drug-likeness (QED) is 0.855. The van der Waals surface area contributed by atoms with Crippen LogP contribution in [-0.4, -0.2) is 0 Å². The molecule has 128 valence electrons. The topological polar surface area (TPSA) is 89.2 Å². The van der Waals surface area contributed by atoms with Crippen LogP contribution in [0, 0.1) is 18.3 Å². The van der Waals surface area contributed by atoms with Gasteiger partial charge in [0.2, 0.25) is 5.88 Å². The molecule has 1 aliphatic rings. The molecule has 0 spiro atoms. The van der Waals surface area contributed by atoms with Gasteiger partial charge in [-0.25, -0.2) is 4.79 Å². The van der Waals surface area contributed by atoms with Gasteiger partial charge in [0, 0.05) is 6.07 Å². The Kier molecular flexibility index (Phi) is 3.80. The summed E-state index contributed by atoms with van der Waals surface area (Å²) < 4.78 is 48.6. The summed E-state index contributed by atoms with van der Waals surface area (Å²) >= 11 is 0. The summed E-state index contributed by atoms with van der Waals surface area (Å²) in [6.45, 7) is 1.54. The SMILES string of the molecule is Cc1cc2c(c(=O)o1)C(c1ccc(C(F)(F)F)cc1)C(C#N)=C(N)O2. The van der Waals surface area contributed by atoms with E-state index >= 15 is 0 Å². The van der Waals surface area contributed by atoms with Crippen molar-refractivity contribution in [2.75, 3.05) is 0 Å². The predicted octanol–water partition coefficient (Wildman–Crippen LogP) is 3.19. The Hall–Kier alpha value is -3.21. The first kappa shape index (κ1) is 16.6. The number of nitrogens with two attached hydrogens (primary N) is 1. The van der Waals surface area contributed by atoms with E-state index < -0.39 is 23.3 Å². The number of fused-ring (bicyclic) bond motifs is 1. The van der Waals surface area contributed by atoms with Gasteiger partial charge in [-0.2, -0.15) is 18.4 Å². The summed E-state index contributed by atoms with van der Waals surface area (Å²) in [7, 11) is 0. The second-order valence-corrected chi connectivity index (χ2v) is 5.47. The maximum absolute atomic E-state index is 12.7. The van der Waals surface area contributed by atoms with Crippen molar-refractivity contribution in [3.63, 3.8) is 0 Å². The highest BCUT2D eigenvalue weighted by Gasteiger charge is 2.35. The van der Waals surface area contributed by atoms with Gasteiger partial charge in [-0.05, 0) is 24.6 Å². The summed E-state index contributed by atoms with van der Waals surface area (Å²) in [4.78, 5) is 12.3. The van der Waals surface area contributed by atoms with Crippen molar-refractivity contribution in [3.8, 4) is 11.8 Å². The molecule has 1 aliphatic heterocycles. The molecule has 0 saturated heterocycles. The zero-order valence-electron chi connectivity index (χ0n) is 12.8. The molecule has 0 bridgehead atoms. The molecule has 1 aromatic carbocycles. The number of rotatable bonds is 1. The standard InChI is InChI=1S/C17H11F3N2O3/c1-8-6-12-14(16(23)24-8)13(11(7-21)15(22)25-12)9-2-4-10(5-3-9)17(18,19)20/h2-6,13H,22H2,1H3. The lowest BCUT2D eigenvalue weighted by atomic mass is 9.84. The van der Waals surface area contributed by atoms with Crippen molar-refractivity contribution in [3.05, 3.63) is 74.7 Å². The van der Waals surface area contributed by atoms with Crippen LogP contribution in [0.3, 0.4) is 0 Å². The fourth-order valence-corrected chi connectivity index (χ4v) is 2.72. The zero-order valence-corrected chi connectivity index (χ0v) is 12.8. The monoisotopic (exact) mass is 348 g/mol. The molecule has 5 nitrogen and oxygen atoms in total. The van der Waals surface area contributed by atoms with Gasteiger partial charge in [-0.3, -0.25) is 0 Å². The highest BCUT2D eigenvalue weighted by atomic mass is 19.4. The highest BCUT2D eigenvalue weighted by molar-refractivity contribution is 5.54. The Morgan fingerprint density at radius 1 is 1.24 bits per heavy atom. The number of nitriles is 1. The zero-order chi connectivity index (χ0) is 18.4. The lowest BCUT2D eigenvalue weighted by molar-refractivity contribution is -0.137. The second-order valence-electron chi connectivity index (χ2n) is 5.47. The van der Waals surface area contributed by atoms with E-state index in [1.54, 1.807) is 0 Å². The van der Waals surface area contributed by atoms with E-state index in [0.717, 1.165) is 12.1 Å². The van der Waals surface area contributed by atoms with Crippen molar-refractivity contribution in [1.82, 2.24) is 0 Å². The number of allylic oxidation sites excluding steroid dienone is 1. The molecule has 2 heterocycles. The van der Waals surface area contributed by atoms with Crippen LogP contribution in [0.15, 0.2) is 51.0 Å². The second kappa shape index (κ2) is 5.70. The molecule has 1 unspecified atom stereocenters. The number of nitrogens with zero attached hydrogens (tertiary/aromatic N) is 1. The largest absolute Gasteiger partial charge is 0.440 e. The molecule has 25 heavy (non-hydrogen) atoms. The van der Waals surface area contributed by atoms with Gasteiger partial charge in [-0.1, -0.05) is 12.1 Å². The fraction of sp³-hybridized carbons (Fsp3) is 0.176. The molecule has 0 aliphatic carbocycles. The van der Waals surface area contributed by atoms with E-state index in [2.05, 4.69) is 0 Å². The fourth-order valence-electron chi connectivity index (χ4n) is 2.72. The molecule has 2 aromatic rings. The highest BCUT2D eigenvalue weighted by Crippen LogP contribution is 2.41. The Balaban J connectivity index is 2.21. The van der Waals surface area contributed by atoms with E-state index in [0.29, 0.717) is 5.56 Å². The first-order valence-electron chi connectivity index (χ1n) is 7.11. The van der Waals surface area contributed by atoms with Crippen molar-refractivity contribution in [1.29, 1.82) is 5.26 Å². The Morgan fingerprint density at radius 3 is 2.44 bits per heavy atom. The lowest BCUT2D eigenvalue weighted by Crippen LogP contribution is -2.26. The molecule has 0 fully saturated rings. The minimum Gasteiger partial charge on any atom is -0.440 e. The summed E-state index contributed by atoms with van der Waals surface area (Å²) in [5.41, 5.74) is 4.44. The Morgan fingerprint density at radius 2 is 1.88 bits per heavy atom. The number of halogens is 3. The van der Waals surface area contributed by atoms with Crippen LogP contribution in [0.5, 0.6) is 5.75 Å². The van der Waals surface area contributed by atoms with Crippen molar-refractivity contribution in [2.24, 2.45) is 5.73 Å². The van der Waals surface area contributed by atoms with Crippen LogP contribution in [0.25, 0.3) is 0 Å². The van der Waals surface area contributed by atoms with Crippen LogP contribution in [0.1, 0.15) is 28.4 Å². The molecule has 0 saturated carbocycles. The number of benzene rings is 1. The van der Waals surface area contributed by atoms with Gasteiger partial charge in [0.05, 0.1) is 17.0 Å².